The van der Waals surface area contributed by atoms with Crippen molar-refractivity contribution < 1.29 is 19.4 Å². The zero-order valence-electron chi connectivity index (χ0n) is 13.9. The summed E-state index contributed by atoms with van der Waals surface area (Å²) in [4.78, 5) is 24.5. The summed E-state index contributed by atoms with van der Waals surface area (Å²) in [7, 11) is 0. The third kappa shape index (κ3) is 5.27. The molecule has 1 aromatic rings. The van der Waals surface area contributed by atoms with Gasteiger partial charge < -0.3 is 9.84 Å². The molecule has 0 aliphatic carbocycles. The molecule has 0 fully saturated rings. The van der Waals surface area contributed by atoms with E-state index in [1.165, 1.54) is 4.90 Å². The number of hydrogen-bond acceptors (Lipinski definition) is 3. The van der Waals surface area contributed by atoms with Crippen LogP contribution in [0.4, 0.5) is 21.0 Å². The average molecular weight is 308 g/mol. The molecule has 6 nitrogen and oxygen atoms in total. The molecule has 6 heteroatoms. The van der Waals surface area contributed by atoms with Gasteiger partial charge in [0.05, 0.1) is 0 Å². The molecule has 0 saturated carbocycles. The van der Waals surface area contributed by atoms with Gasteiger partial charge in [-0.1, -0.05) is 6.07 Å². The molecule has 0 atom stereocenters. The van der Waals surface area contributed by atoms with E-state index in [2.05, 4.69) is 5.32 Å². The first-order valence-corrected chi connectivity index (χ1v) is 7.03. The Morgan fingerprint density at radius 3 is 2.18 bits per heavy atom. The summed E-state index contributed by atoms with van der Waals surface area (Å²) in [5.41, 5.74) is -0.243. The third-order valence-electron chi connectivity index (χ3n) is 2.61. The first kappa shape index (κ1) is 17.8. The van der Waals surface area contributed by atoms with Gasteiger partial charge in [-0.15, -0.1) is 0 Å². The number of carbonyl (C=O) groups excluding carboxylic acids is 1. The highest BCUT2D eigenvalue weighted by atomic mass is 16.6. The van der Waals surface area contributed by atoms with Crippen molar-refractivity contribution in [3.05, 3.63) is 24.3 Å². The van der Waals surface area contributed by atoms with Gasteiger partial charge in [-0.3, -0.25) is 10.2 Å². The van der Waals surface area contributed by atoms with Crippen LogP contribution < -0.4 is 10.2 Å². The van der Waals surface area contributed by atoms with Gasteiger partial charge in [-0.2, -0.15) is 0 Å². The Hall–Kier alpha value is -2.24. The lowest BCUT2D eigenvalue weighted by molar-refractivity contribution is 0.0636. The summed E-state index contributed by atoms with van der Waals surface area (Å²) in [5, 5.41) is 12.0. The number of benzene rings is 1. The van der Waals surface area contributed by atoms with Gasteiger partial charge in [0.15, 0.2) is 0 Å². The number of nitrogens with one attached hydrogen (secondary N) is 1. The molecule has 22 heavy (non-hydrogen) atoms. The maximum atomic E-state index is 11.8. The van der Waals surface area contributed by atoms with E-state index in [9.17, 15) is 14.7 Å². The van der Waals surface area contributed by atoms with E-state index < -0.39 is 23.3 Å². The topological polar surface area (TPSA) is 78.9 Å². The monoisotopic (exact) mass is 308 g/mol. The molecule has 0 heterocycles. The normalized spacial score (nSPS) is 11.7. The van der Waals surface area contributed by atoms with Crippen LogP contribution in [0.1, 0.15) is 41.5 Å². The lowest BCUT2D eigenvalue weighted by atomic mass is 10.1. The van der Waals surface area contributed by atoms with Gasteiger partial charge in [0, 0.05) is 16.9 Å². The molecule has 0 unspecified atom stereocenters. The Morgan fingerprint density at radius 2 is 1.73 bits per heavy atom. The molecule has 0 aliphatic rings. The number of carboxylic acid groups (broad SMARTS) is 1. The van der Waals surface area contributed by atoms with Gasteiger partial charge in [0.25, 0.3) is 0 Å². The minimum atomic E-state index is -1.05. The van der Waals surface area contributed by atoms with Crippen molar-refractivity contribution in [2.75, 3.05) is 10.2 Å². The quantitative estimate of drug-likeness (QED) is 0.853. The molecule has 0 bridgehead atoms. The van der Waals surface area contributed by atoms with E-state index in [0.717, 1.165) is 0 Å². The van der Waals surface area contributed by atoms with Gasteiger partial charge in [0.2, 0.25) is 0 Å². The summed E-state index contributed by atoms with van der Waals surface area (Å²) in [6.45, 7) is 10.7. The fourth-order valence-corrected chi connectivity index (χ4v) is 1.93. The summed E-state index contributed by atoms with van der Waals surface area (Å²) >= 11 is 0. The predicted molar refractivity (Wildman–Crippen MR) is 86.6 cm³/mol. The van der Waals surface area contributed by atoms with Crippen molar-refractivity contribution in [3.63, 3.8) is 0 Å². The van der Waals surface area contributed by atoms with E-state index >= 15 is 0 Å². The number of nitrogens with zero attached hydrogens (tertiary/aromatic N) is 1. The summed E-state index contributed by atoms with van der Waals surface area (Å²) in [5.74, 6) is 0. The zero-order valence-corrected chi connectivity index (χ0v) is 13.9. The first-order chi connectivity index (χ1) is 9.90. The number of amides is 2. The van der Waals surface area contributed by atoms with E-state index in [0.29, 0.717) is 11.4 Å². The molecular formula is C16H24N2O4. The lowest BCUT2D eigenvalue weighted by Crippen LogP contribution is -2.45. The first-order valence-electron chi connectivity index (χ1n) is 7.03. The SMILES string of the molecule is CC(C)(C)OC(=O)Nc1cccc(N(C(=O)O)C(C)(C)C)c1. The van der Waals surface area contributed by atoms with Crippen LogP contribution in [0.5, 0.6) is 0 Å². The molecule has 1 aromatic carbocycles. The fraction of sp³-hybridized carbons (Fsp3) is 0.500. The van der Waals surface area contributed by atoms with Crippen molar-refractivity contribution in [1.82, 2.24) is 0 Å². The van der Waals surface area contributed by atoms with Crippen LogP contribution in [0.3, 0.4) is 0 Å². The Balaban J connectivity index is 2.99. The number of anilines is 2. The van der Waals surface area contributed by atoms with Crippen LogP contribution >= 0.6 is 0 Å². The molecule has 1 rings (SSSR count). The smallest absolute Gasteiger partial charge is 0.412 e. The van der Waals surface area contributed by atoms with Crippen LogP contribution in [-0.4, -0.2) is 28.4 Å². The Bertz CT molecular complexity index is 556. The second-order valence-electron chi connectivity index (χ2n) is 6.97. The molecule has 2 N–H and O–H groups in total. The van der Waals surface area contributed by atoms with E-state index in [-0.39, 0.29) is 0 Å². The van der Waals surface area contributed by atoms with Crippen molar-refractivity contribution in [3.8, 4) is 0 Å². The molecule has 2 amide bonds. The largest absolute Gasteiger partial charge is 0.465 e. The molecule has 0 aliphatic heterocycles. The molecule has 0 saturated heterocycles. The Labute approximate surface area is 131 Å². The highest BCUT2D eigenvalue weighted by Crippen LogP contribution is 2.26. The minimum absolute atomic E-state index is 0.474. The van der Waals surface area contributed by atoms with Crippen molar-refractivity contribution >= 4 is 23.6 Å². The van der Waals surface area contributed by atoms with Crippen molar-refractivity contribution in [2.45, 2.75) is 52.7 Å². The maximum absolute atomic E-state index is 11.8. The molecular weight excluding hydrogens is 284 g/mol. The molecule has 0 aromatic heterocycles. The predicted octanol–water partition coefficient (Wildman–Crippen LogP) is 4.32. The highest BCUT2D eigenvalue weighted by Gasteiger charge is 2.28. The number of ether oxygens (including phenoxy) is 1. The number of carbonyl (C=O) groups is 2. The summed E-state index contributed by atoms with van der Waals surface area (Å²) < 4.78 is 5.18. The maximum Gasteiger partial charge on any atom is 0.412 e. The van der Waals surface area contributed by atoms with E-state index in [1.54, 1.807) is 65.8 Å². The van der Waals surface area contributed by atoms with Crippen LogP contribution in [-0.2, 0) is 4.74 Å². The van der Waals surface area contributed by atoms with Gasteiger partial charge >= 0.3 is 12.2 Å². The summed E-state index contributed by atoms with van der Waals surface area (Å²) in [6.07, 6.45) is -1.63. The van der Waals surface area contributed by atoms with Crippen LogP contribution in [0.15, 0.2) is 24.3 Å². The van der Waals surface area contributed by atoms with Gasteiger partial charge in [-0.25, -0.2) is 9.59 Å². The van der Waals surface area contributed by atoms with E-state index in [1.807, 2.05) is 0 Å². The second-order valence-corrected chi connectivity index (χ2v) is 6.97. The van der Waals surface area contributed by atoms with Crippen LogP contribution in [0.25, 0.3) is 0 Å². The van der Waals surface area contributed by atoms with Gasteiger partial charge in [0.1, 0.15) is 5.60 Å². The molecule has 0 spiro atoms. The van der Waals surface area contributed by atoms with Crippen LogP contribution in [0, 0.1) is 0 Å². The summed E-state index contributed by atoms with van der Waals surface area (Å²) in [6, 6.07) is 6.64. The van der Waals surface area contributed by atoms with Gasteiger partial charge in [-0.05, 0) is 59.7 Å². The third-order valence-corrected chi connectivity index (χ3v) is 2.61. The van der Waals surface area contributed by atoms with E-state index in [4.69, 9.17) is 4.74 Å². The average Bonchev–Trinajstić information content (AvgIpc) is 2.23. The lowest BCUT2D eigenvalue weighted by Gasteiger charge is -2.33. The fourth-order valence-electron chi connectivity index (χ4n) is 1.93. The van der Waals surface area contributed by atoms with Crippen LogP contribution in [0.2, 0.25) is 0 Å². The number of hydrogen-bond donors (Lipinski definition) is 2. The molecule has 122 valence electrons. The second kappa shape index (κ2) is 6.25. The zero-order chi connectivity index (χ0) is 17.1. The highest BCUT2D eigenvalue weighted by molar-refractivity contribution is 5.90. The Kier molecular flexibility index (Phi) is 5.06. The standard InChI is InChI=1S/C16H24N2O4/c1-15(2,3)18(14(20)21)12-9-7-8-11(10-12)17-13(19)22-16(4,5)6/h7-10H,1-6H3,(H,17,19)(H,20,21). The van der Waals surface area contributed by atoms with Crippen molar-refractivity contribution in [1.29, 1.82) is 0 Å². The number of rotatable bonds is 2. The molecule has 0 radical (unpaired) electrons. The van der Waals surface area contributed by atoms with Crippen molar-refractivity contribution in [2.24, 2.45) is 0 Å². The Morgan fingerprint density at radius 1 is 1.14 bits per heavy atom. The minimum Gasteiger partial charge on any atom is -0.465 e.